The molecule has 0 saturated carbocycles. The second-order valence-electron chi connectivity index (χ2n) is 25.1. The lowest BCUT2D eigenvalue weighted by Crippen LogP contribution is -2.44. The Labute approximate surface area is 548 Å². The van der Waals surface area contributed by atoms with E-state index in [4.69, 9.17) is 18.9 Å². The second-order valence-corrected chi connectivity index (χ2v) is 25.1. The van der Waals surface area contributed by atoms with Crippen LogP contribution in [0.1, 0.15) is 296 Å². The summed E-state index contributed by atoms with van der Waals surface area (Å²) in [6, 6.07) is 0. The molecule has 0 N–H and O–H groups in total. The Morgan fingerprint density at radius 3 is 0.933 bits per heavy atom. The quantitative estimate of drug-likeness (QED) is 0.0195. The van der Waals surface area contributed by atoms with E-state index in [-0.39, 0.29) is 38.6 Å². The van der Waals surface area contributed by atoms with Crippen LogP contribution in [0, 0.1) is 0 Å². The number of hydrogen-bond donors (Lipinski definition) is 0. The van der Waals surface area contributed by atoms with E-state index >= 15 is 0 Å². The van der Waals surface area contributed by atoms with Crippen LogP contribution in [0.5, 0.6) is 0 Å². The van der Waals surface area contributed by atoms with Crippen LogP contribution in [0.15, 0.2) is 134 Å². The van der Waals surface area contributed by atoms with Crippen molar-refractivity contribution in [1.29, 1.82) is 0 Å². The highest BCUT2D eigenvalue weighted by atomic mass is 16.7. The summed E-state index contributed by atoms with van der Waals surface area (Å²) in [7, 11) is 5.91. The largest absolute Gasteiger partial charge is 0.545 e. The monoisotopic (exact) mass is 1240 g/mol. The van der Waals surface area contributed by atoms with Gasteiger partial charge in [0.2, 0.25) is 0 Å². The van der Waals surface area contributed by atoms with Crippen LogP contribution in [-0.4, -0.2) is 82.3 Å². The molecule has 0 aromatic heterocycles. The molecule has 0 heterocycles. The molecule has 508 valence electrons. The summed E-state index contributed by atoms with van der Waals surface area (Å²) in [5.41, 5.74) is 0. The minimum Gasteiger partial charge on any atom is -0.545 e. The topological polar surface area (TPSA) is 111 Å². The summed E-state index contributed by atoms with van der Waals surface area (Å²) in [6.07, 6.45) is 97.2. The normalized spacial score (nSPS) is 13.5. The lowest BCUT2D eigenvalue weighted by Gasteiger charge is -2.26. The van der Waals surface area contributed by atoms with Crippen LogP contribution in [0.25, 0.3) is 0 Å². The number of esters is 2. The fourth-order valence-corrected chi connectivity index (χ4v) is 9.93. The molecule has 0 spiro atoms. The number of allylic oxidation sites excluding steroid dienone is 22. The molecule has 0 aliphatic heterocycles. The molecular formula is C80H135NO8. The Balaban J connectivity index is 4.04. The van der Waals surface area contributed by atoms with E-state index in [9.17, 15) is 19.5 Å². The maximum atomic E-state index is 12.9. The number of unbranched alkanes of at least 4 members (excludes halogenated alkanes) is 29. The molecule has 0 amide bonds. The maximum absolute atomic E-state index is 12.9. The SMILES string of the molecule is CC/C=C\C/C=C\C/C=C\C/C=C\C/C=C\C/C=C\C/C=C\CCCC(=O)OC(COC(=O)CCCCCCCCCCCCCCCCCCCCCCCCCCCCCC/C=C\C/C=C\C/C=C\C/C=C\CC)COC(OCC[N+](C)(C)C)C(=O)[O-]. The molecular weight excluding hydrogens is 1100 g/mol. The van der Waals surface area contributed by atoms with Crippen LogP contribution in [-0.2, 0) is 33.3 Å². The number of quaternary nitrogens is 1. The highest BCUT2D eigenvalue weighted by Gasteiger charge is 2.22. The van der Waals surface area contributed by atoms with Gasteiger partial charge in [-0.2, -0.15) is 0 Å². The average Bonchev–Trinajstić information content (AvgIpc) is 3.64. The van der Waals surface area contributed by atoms with Gasteiger partial charge >= 0.3 is 11.9 Å². The molecule has 0 rings (SSSR count). The molecule has 9 nitrogen and oxygen atoms in total. The van der Waals surface area contributed by atoms with E-state index in [2.05, 4.69) is 148 Å². The molecule has 0 aromatic rings. The van der Waals surface area contributed by atoms with E-state index in [0.717, 1.165) is 89.9 Å². The molecule has 0 aliphatic carbocycles. The third-order valence-electron chi connectivity index (χ3n) is 15.4. The molecule has 0 aliphatic rings. The average molecular weight is 1240 g/mol. The van der Waals surface area contributed by atoms with Crippen LogP contribution < -0.4 is 5.11 Å². The summed E-state index contributed by atoms with van der Waals surface area (Å²) in [6.45, 7) is 4.47. The zero-order valence-electron chi connectivity index (χ0n) is 58.0. The van der Waals surface area contributed by atoms with Crippen LogP contribution in [0.4, 0.5) is 0 Å². The summed E-state index contributed by atoms with van der Waals surface area (Å²) in [5, 5.41) is 11.8. The van der Waals surface area contributed by atoms with E-state index in [1.165, 1.54) is 167 Å². The van der Waals surface area contributed by atoms with Gasteiger partial charge in [0.1, 0.15) is 13.2 Å². The van der Waals surface area contributed by atoms with Gasteiger partial charge in [0.05, 0.1) is 40.3 Å². The van der Waals surface area contributed by atoms with E-state index < -0.39 is 24.3 Å². The van der Waals surface area contributed by atoms with Crippen molar-refractivity contribution in [1.82, 2.24) is 0 Å². The predicted molar refractivity (Wildman–Crippen MR) is 379 cm³/mol. The number of aliphatic carboxylic acids is 1. The fraction of sp³-hybridized carbons (Fsp3) is 0.688. The van der Waals surface area contributed by atoms with Gasteiger partial charge in [0.15, 0.2) is 12.4 Å². The van der Waals surface area contributed by atoms with Crippen molar-refractivity contribution in [2.75, 3.05) is 47.5 Å². The Hall–Kier alpha value is -4.57. The van der Waals surface area contributed by atoms with Crippen molar-refractivity contribution >= 4 is 17.9 Å². The number of hydrogen-bond acceptors (Lipinski definition) is 8. The van der Waals surface area contributed by atoms with Crippen molar-refractivity contribution < 1.29 is 42.9 Å². The Bertz CT molecular complexity index is 1930. The van der Waals surface area contributed by atoms with Gasteiger partial charge in [-0.15, -0.1) is 0 Å². The standard InChI is InChI=1S/C80H135NO8/c1-6-8-10-12-14-16-18-20-22-24-26-28-30-31-32-33-34-35-36-37-38-39-40-41-42-43-44-45-46-47-49-50-52-54-56-58-60-62-64-66-68-70-77(82)87-74-76(75-88-80(79(84)85)86-73-72-81(3,4)5)89-78(83)71-69-67-65-63-61-59-57-55-53-51-48-29-27-25-23-21-19-17-15-13-11-9-7-2/h8-11,14-17,20-23,26-29,51,53,57,59,63,65,76,80H,6-7,12-13,18-19,24-25,30-50,52,54-56,58,60-62,64,66-75H2,1-5H3/b10-8-,11-9-,16-14-,17-15-,22-20-,23-21-,28-26-,29-27-,53-51-,59-57-,65-63-. The lowest BCUT2D eigenvalue weighted by atomic mass is 10.0. The summed E-state index contributed by atoms with van der Waals surface area (Å²) in [4.78, 5) is 37.4. The number of carboxylic acids is 1. The number of carbonyl (C=O) groups is 3. The first-order valence-corrected chi connectivity index (χ1v) is 36.3. The Morgan fingerprint density at radius 1 is 0.337 bits per heavy atom. The van der Waals surface area contributed by atoms with Gasteiger partial charge < -0.3 is 33.3 Å². The van der Waals surface area contributed by atoms with Crippen molar-refractivity contribution in [2.24, 2.45) is 0 Å². The molecule has 0 fully saturated rings. The van der Waals surface area contributed by atoms with Gasteiger partial charge in [-0.25, -0.2) is 0 Å². The third-order valence-corrected chi connectivity index (χ3v) is 15.4. The number of carbonyl (C=O) groups excluding carboxylic acids is 3. The van der Waals surface area contributed by atoms with Crippen molar-refractivity contribution in [3.63, 3.8) is 0 Å². The first kappa shape index (κ1) is 84.4. The zero-order chi connectivity index (χ0) is 64.7. The molecule has 2 unspecified atom stereocenters. The zero-order valence-corrected chi connectivity index (χ0v) is 58.0. The highest BCUT2D eigenvalue weighted by Crippen LogP contribution is 2.18. The number of rotatable bonds is 66. The van der Waals surface area contributed by atoms with E-state index in [1.807, 2.05) is 21.1 Å². The van der Waals surface area contributed by atoms with Crippen molar-refractivity contribution in [3.8, 4) is 0 Å². The summed E-state index contributed by atoms with van der Waals surface area (Å²) >= 11 is 0. The van der Waals surface area contributed by atoms with Gasteiger partial charge in [0.25, 0.3) is 0 Å². The minimum atomic E-state index is -1.64. The van der Waals surface area contributed by atoms with E-state index in [0.29, 0.717) is 23.9 Å². The van der Waals surface area contributed by atoms with Gasteiger partial charge in [-0.1, -0.05) is 314 Å². The van der Waals surface area contributed by atoms with Crippen LogP contribution in [0.3, 0.4) is 0 Å². The molecule has 0 aromatic carbocycles. The first-order chi connectivity index (χ1) is 43.6. The van der Waals surface area contributed by atoms with Crippen LogP contribution >= 0.6 is 0 Å². The summed E-state index contributed by atoms with van der Waals surface area (Å²) < 4.78 is 22.7. The van der Waals surface area contributed by atoms with Gasteiger partial charge in [-0.05, 0) is 103 Å². The van der Waals surface area contributed by atoms with Gasteiger partial charge in [-0.3, -0.25) is 9.59 Å². The van der Waals surface area contributed by atoms with Crippen molar-refractivity contribution in [3.05, 3.63) is 134 Å². The lowest BCUT2D eigenvalue weighted by molar-refractivity contribution is -0.870. The fourth-order valence-electron chi connectivity index (χ4n) is 9.93. The number of carboxylic acid groups (broad SMARTS) is 1. The molecule has 0 bridgehead atoms. The van der Waals surface area contributed by atoms with Crippen LogP contribution in [0.2, 0.25) is 0 Å². The number of nitrogens with zero attached hydrogens (tertiary/aromatic N) is 1. The predicted octanol–water partition coefficient (Wildman–Crippen LogP) is 21.6. The second kappa shape index (κ2) is 69.3. The van der Waals surface area contributed by atoms with Gasteiger partial charge in [0, 0.05) is 12.8 Å². The summed E-state index contributed by atoms with van der Waals surface area (Å²) in [5.74, 6) is -2.36. The maximum Gasteiger partial charge on any atom is 0.306 e. The third kappa shape index (κ3) is 70.7. The Kier molecular flexibility index (Phi) is 65.8. The molecule has 9 heteroatoms. The minimum absolute atomic E-state index is 0.132. The molecule has 0 radical (unpaired) electrons. The molecule has 2 atom stereocenters. The molecule has 0 saturated heterocycles. The smallest absolute Gasteiger partial charge is 0.306 e. The number of likely N-dealkylation sites (N-methyl/N-ethyl adjacent to an activating group) is 1. The van der Waals surface area contributed by atoms with E-state index in [1.54, 1.807) is 0 Å². The Morgan fingerprint density at radius 2 is 0.618 bits per heavy atom. The van der Waals surface area contributed by atoms with Crippen molar-refractivity contribution in [2.45, 2.75) is 309 Å². The first-order valence-electron chi connectivity index (χ1n) is 36.3. The highest BCUT2D eigenvalue weighted by molar-refractivity contribution is 5.70. The molecule has 89 heavy (non-hydrogen) atoms. The number of ether oxygens (including phenoxy) is 4.